The molecule has 2 unspecified atom stereocenters. The summed E-state index contributed by atoms with van der Waals surface area (Å²) < 4.78 is 45.5. The molecule has 0 saturated carbocycles. The van der Waals surface area contributed by atoms with E-state index in [-0.39, 0.29) is 35.1 Å². The Morgan fingerprint density at radius 2 is 2.00 bits per heavy atom. The summed E-state index contributed by atoms with van der Waals surface area (Å²) >= 11 is 0. The zero-order valence-electron chi connectivity index (χ0n) is 17.2. The molecule has 2 aromatic heterocycles. The Morgan fingerprint density at radius 3 is 2.71 bits per heavy atom. The summed E-state index contributed by atoms with van der Waals surface area (Å²) in [6.45, 7) is 3.33. The van der Waals surface area contributed by atoms with Crippen LogP contribution in [0.25, 0.3) is 11.3 Å². The van der Waals surface area contributed by atoms with Gasteiger partial charge in [0, 0.05) is 11.6 Å². The molecular formula is C20H22N4O6S. The van der Waals surface area contributed by atoms with Crippen molar-refractivity contribution in [1.29, 1.82) is 0 Å². The Labute approximate surface area is 178 Å². The van der Waals surface area contributed by atoms with Crippen LogP contribution in [-0.2, 0) is 14.8 Å². The highest BCUT2D eigenvalue weighted by molar-refractivity contribution is 7.89. The SMILES string of the molecule is COc1cccc(-c2ccc(=O)n(C3COCC3NS(=O)(=O)c3c(C)noc3C)n2)c1. The van der Waals surface area contributed by atoms with Crippen LogP contribution in [0.3, 0.4) is 0 Å². The largest absolute Gasteiger partial charge is 0.497 e. The number of methoxy groups -OCH3 is 1. The summed E-state index contributed by atoms with van der Waals surface area (Å²) in [5.41, 5.74) is 1.22. The van der Waals surface area contributed by atoms with Crippen molar-refractivity contribution in [3.8, 4) is 17.0 Å². The maximum absolute atomic E-state index is 12.9. The van der Waals surface area contributed by atoms with Gasteiger partial charge >= 0.3 is 0 Å². The molecule has 3 heterocycles. The summed E-state index contributed by atoms with van der Waals surface area (Å²) in [6, 6.07) is 9.00. The highest BCUT2D eigenvalue weighted by Gasteiger charge is 2.36. The van der Waals surface area contributed by atoms with E-state index >= 15 is 0 Å². The number of nitrogens with zero attached hydrogens (tertiary/aromatic N) is 3. The van der Waals surface area contributed by atoms with E-state index in [0.717, 1.165) is 5.56 Å². The normalized spacial score (nSPS) is 18.9. The van der Waals surface area contributed by atoms with Crippen LogP contribution in [0, 0.1) is 13.8 Å². The van der Waals surface area contributed by atoms with E-state index in [9.17, 15) is 13.2 Å². The van der Waals surface area contributed by atoms with Gasteiger partial charge in [0.2, 0.25) is 10.0 Å². The molecule has 164 valence electrons. The van der Waals surface area contributed by atoms with Gasteiger partial charge in [-0.3, -0.25) is 4.79 Å². The topological polar surface area (TPSA) is 126 Å². The lowest BCUT2D eigenvalue weighted by molar-refractivity contribution is 0.182. The second-order valence-corrected chi connectivity index (χ2v) is 8.87. The van der Waals surface area contributed by atoms with E-state index in [0.29, 0.717) is 11.4 Å². The summed E-state index contributed by atoms with van der Waals surface area (Å²) in [6.07, 6.45) is 0. The molecule has 1 saturated heterocycles. The molecule has 0 radical (unpaired) electrons. The molecule has 0 spiro atoms. The highest BCUT2D eigenvalue weighted by atomic mass is 32.2. The Hall–Kier alpha value is -3.02. The molecule has 0 aliphatic carbocycles. The quantitative estimate of drug-likeness (QED) is 0.603. The molecule has 1 aromatic carbocycles. The molecule has 0 bridgehead atoms. The van der Waals surface area contributed by atoms with Crippen molar-refractivity contribution in [1.82, 2.24) is 19.7 Å². The Kier molecular flexibility index (Phi) is 5.65. The van der Waals surface area contributed by atoms with E-state index in [1.807, 2.05) is 18.2 Å². The average molecular weight is 446 g/mol. The van der Waals surface area contributed by atoms with Crippen molar-refractivity contribution >= 4 is 10.0 Å². The number of aryl methyl sites for hydroxylation is 2. The average Bonchev–Trinajstić information content (AvgIpc) is 3.34. The summed E-state index contributed by atoms with van der Waals surface area (Å²) in [7, 11) is -2.36. The maximum atomic E-state index is 12.9. The van der Waals surface area contributed by atoms with E-state index in [4.69, 9.17) is 14.0 Å². The van der Waals surface area contributed by atoms with Gasteiger partial charge in [-0.15, -0.1) is 0 Å². The number of ether oxygens (including phenoxy) is 2. The summed E-state index contributed by atoms with van der Waals surface area (Å²) in [5.74, 6) is 0.849. The third-order valence-electron chi connectivity index (χ3n) is 5.10. The zero-order valence-corrected chi connectivity index (χ0v) is 18.0. The molecule has 4 rings (SSSR count). The van der Waals surface area contributed by atoms with E-state index in [1.165, 1.54) is 17.7 Å². The fourth-order valence-corrected chi connectivity index (χ4v) is 5.20. The Bertz CT molecular complexity index is 1250. The second kappa shape index (κ2) is 8.25. The molecule has 3 aromatic rings. The van der Waals surface area contributed by atoms with Crippen LogP contribution in [0.1, 0.15) is 17.5 Å². The monoisotopic (exact) mass is 446 g/mol. The van der Waals surface area contributed by atoms with Crippen molar-refractivity contribution in [3.05, 3.63) is 58.2 Å². The van der Waals surface area contributed by atoms with Gasteiger partial charge in [-0.2, -0.15) is 5.10 Å². The fraction of sp³-hybridized carbons (Fsp3) is 0.350. The van der Waals surface area contributed by atoms with Gasteiger partial charge in [-0.25, -0.2) is 17.8 Å². The smallest absolute Gasteiger partial charge is 0.267 e. The van der Waals surface area contributed by atoms with E-state index in [2.05, 4.69) is 15.0 Å². The van der Waals surface area contributed by atoms with Crippen molar-refractivity contribution in [2.24, 2.45) is 0 Å². The molecule has 1 aliphatic heterocycles. The van der Waals surface area contributed by atoms with Crippen LogP contribution in [0.15, 0.2) is 50.6 Å². The molecule has 1 N–H and O–H groups in total. The molecule has 0 amide bonds. The standard InChI is InChI=1S/C20H22N4O6S/c1-12-20(13(2)30-22-12)31(26,27)23-17-10-29-11-18(17)24-19(25)8-7-16(21-24)14-5-4-6-15(9-14)28-3/h4-9,17-18,23H,10-11H2,1-3H3. The predicted octanol–water partition coefficient (Wildman–Crippen LogP) is 1.44. The van der Waals surface area contributed by atoms with Gasteiger partial charge in [0.25, 0.3) is 5.56 Å². The van der Waals surface area contributed by atoms with E-state index in [1.54, 1.807) is 26.2 Å². The lowest BCUT2D eigenvalue weighted by Gasteiger charge is -2.20. The first-order valence-electron chi connectivity index (χ1n) is 9.57. The molecule has 31 heavy (non-hydrogen) atoms. The number of rotatable bonds is 6. The summed E-state index contributed by atoms with van der Waals surface area (Å²) in [4.78, 5) is 12.6. The molecule has 1 aliphatic rings. The van der Waals surface area contributed by atoms with Crippen LogP contribution >= 0.6 is 0 Å². The fourth-order valence-electron chi connectivity index (χ4n) is 3.61. The number of aromatic nitrogens is 3. The van der Waals surface area contributed by atoms with Crippen LogP contribution < -0.4 is 15.0 Å². The Morgan fingerprint density at radius 1 is 1.19 bits per heavy atom. The number of hydrogen-bond donors (Lipinski definition) is 1. The van der Waals surface area contributed by atoms with Gasteiger partial charge in [-0.1, -0.05) is 17.3 Å². The predicted molar refractivity (Wildman–Crippen MR) is 110 cm³/mol. The molecular weight excluding hydrogens is 424 g/mol. The second-order valence-electron chi connectivity index (χ2n) is 7.22. The van der Waals surface area contributed by atoms with Crippen molar-refractivity contribution < 1.29 is 22.4 Å². The van der Waals surface area contributed by atoms with Gasteiger partial charge in [-0.05, 0) is 32.0 Å². The molecule has 1 fully saturated rings. The first-order valence-corrected chi connectivity index (χ1v) is 11.1. The minimum Gasteiger partial charge on any atom is -0.497 e. The Balaban J connectivity index is 1.66. The van der Waals surface area contributed by atoms with Crippen LogP contribution in [-0.4, -0.2) is 49.7 Å². The third-order valence-corrected chi connectivity index (χ3v) is 6.83. The zero-order chi connectivity index (χ0) is 22.2. The molecule has 10 nitrogen and oxygen atoms in total. The number of hydrogen-bond acceptors (Lipinski definition) is 8. The molecule has 11 heteroatoms. The number of nitrogens with one attached hydrogen (secondary N) is 1. The van der Waals surface area contributed by atoms with Gasteiger partial charge < -0.3 is 14.0 Å². The van der Waals surface area contributed by atoms with Gasteiger partial charge in [0.05, 0.1) is 38.1 Å². The molecule has 2 atom stereocenters. The summed E-state index contributed by atoms with van der Waals surface area (Å²) in [5, 5.41) is 8.19. The third kappa shape index (κ3) is 4.11. The first kappa shape index (κ1) is 21.2. The highest BCUT2D eigenvalue weighted by Crippen LogP contribution is 2.25. The van der Waals surface area contributed by atoms with Crippen LogP contribution in [0.4, 0.5) is 0 Å². The van der Waals surface area contributed by atoms with Crippen LogP contribution in [0.5, 0.6) is 5.75 Å². The van der Waals surface area contributed by atoms with Gasteiger partial charge in [0.1, 0.15) is 16.3 Å². The minimum absolute atomic E-state index is 0.0106. The first-order chi connectivity index (χ1) is 14.8. The van der Waals surface area contributed by atoms with E-state index < -0.39 is 22.1 Å². The lowest BCUT2D eigenvalue weighted by atomic mass is 10.1. The van der Waals surface area contributed by atoms with Crippen molar-refractivity contribution in [2.45, 2.75) is 30.8 Å². The van der Waals surface area contributed by atoms with Gasteiger partial charge in [0.15, 0.2) is 5.76 Å². The van der Waals surface area contributed by atoms with Crippen LogP contribution in [0.2, 0.25) is 0 Å². The maximum Gasteiger partial charge on any atom is 0.267 e. The lowest BCUT2D eigenvalue weighted by Crippen LogP contribution is -2.44. The number of sulfonamides is 1. The minimum atomic E-state index is -3.93. The number of benzene rings is 1. The van der Waals surface area contributed by atoms with Crippen molar-refractivity contribution in [3.63, 3.8) is 0 Å². The van der Waals surface area contributed by atoms with Crippen molar-refractivity contribution in [2.75, 3.05) is 20.3 Å².